The lowest BCUT2D eigenvalue weighted by Crippen LogP contribution is -2.62. The van der Waals surface area contributed by atoms with Crippen LogP contribution in [0, 0.1) is 11.7 Å². The number of amides is 2. The molecule has 0 radical (unpaired) electrons. The molecule has 2 fully saturated rings. The summed E-state index contributed by atoms with van der Waals surface area (Å²) >= 11 is 0. The Morgan fingerprint density at radius 2 is 1.81 bits per heavy atom. The molecule has 4 rings (SSSR count). The Morgan fingerprint density at radius 3 is 2.53 bits per heavy atom. The molecule has 1 aliphatic carbocycles. The number of nitrogens with one attached hydrogen (secondary N) is 1. The highest BCUT2D eigenvalue weighted by atomic mass is 19.1. The summed E-state index contributed by atoms with van der Waals surface area (Å²) in [6.45, 7) is 1.07. The molecule has 1 saturated carbocycles. The summed E-state index contributed by atoms with van der Waals surface area (Å²) in [7, 11) is 1.60. The summed E-state index contributed by atoms with van der Waals surface area (Å²) < 4.78 is 19.6. The zero-order valence-electron chi connectivity index (χ0n) is 18.6. The lowest BCUT2D eigenvalue weighted by Gasteiger charge is -2.43. The molecule has 170 valence electrons. The van der Waals surface area contributed by atoms with E-state index in [1.54, 1.807) is 19.2 Å². The van der Waals surface area contributed by atoms with Crippen molar-refractivity contribution in [1.82, 2.24) is 10.2 Å². The lowest BCUT2D eigenvalue weighted by molar-refractivity contribution is -0.167. The van der Waals surface area contributed by atoms with Crippen molar-refractivity contribution in [2.45, 2.75) is 44.1 Å². The van der Waals surface area contributed by atoms with Gasteiger partial charge in [0.05, 0.1) is 13.2 Å². The van der Waals surface area contributed by atoms with Crippen LogP contribution in [0.1, 0.15) is 37.7 Å². The maximum atomic E-state index is 13.5. The van der Waals surface area contributed by atoms with E-state index in [9.17, 15) is 14.0 Å². The molecular weight excluding hydrogens is 407 g/mol. The van der Waals surface area contributed by atoms with Gasteiger partial charge in [0.1, 0.15) is 5.82 Å². The van der Waals surface area contributed by atoms with Gasteiger partial charge < -0.3 is 15.0 Å². The highest BCUT2D eigenvalue weighted by molar-refractivity contribution is 5.88. The Kier molecular flexibility index (Phi) is 6.89. The predicted molar refractivity (Wildman–Crippen MR) is 121 cm³/mol. The molecule has 6 heteroatoms. The van der Waals surface area contributed by atoms with E-state index < -0.39 is 5.60 Å². The number of hydrogen-bond acceptors (Lipinski definition) is 3. The van der Waals surface area contributed by atoms with Crippen LogP contribution >= 0.6 is 0 Å². The molecule has 1 saturated heterocycles. The van der Waals surface area contributed by atoms with Gasteiger partial charge in [-0.2, -0.15) is 0 Å². The van der Waals surface area contributed by atoms with Gasteiger partial charge in [0.15, 0.2) is 5.60 Å². The third-order valence-corrected chi connectivity index (χ3v) is 6.74. The minimum atomic E-state index is -1.16. The van der Waals surface area contributed by atoms with Crippen molar-refractivity contribution in [2.75, 3.05) is 26.7 Å². The van der Waals surface area contributed by atoms with Crippen LogP contribution in [-0.2, 0) is 20.7 Å². The Morgan fingerprint density at radius 1 is 1.09 bits per heavy atom. The van der Waals surface area contributed by atoms with Crippen molar-refractivity contribution in [3.8, 4) is 11.1 Å². The minimum absolute atomic E-state index is 0.0516. The number of carbonyl (C=O) groups excluding carboxylic acids is 2. The summed E-state index contributed by atoms with van der Waals surface area (Å²) in [5, 5.41) is 2.75. The van der Waals surface area contributed by atoms with Gasteiger partial charge in [0, 0.05) is 25.9 Å². The monoisotopic (exact) mass is 438 g/mol. The molecule has 1 aliphatic heterocycles. The Hall–Kier alpha value is -2.73. The first-order chi connectivity index (χ1) is 15.5. The normalized spacial score (nSPS) is 21.9. The molecule has 0 spiro atoms. The SMILES string of the molecule is CNC(=O)[C@]1(Cc2ccccc2-c2ccc(F)cc2)CN(C(=O)C2CCCCC2)CCO1. The van der Waals surface area contributed by atoms with Crippen LogP contribution in [-0.4, -0.2) is 49.1 Å². The van der Waals surface area contributed by atoms with E-state index in [-0.39, 0.29) is 30.1 Å². The van der Waals surface area contributed by atoms with Gasteiger partial charge in [0.2, 0.25) is 5.91 Å². The van der Waals surface area contributed by atoms with E-state index in [4.69, 9.17) is 4.74 Å². The number of ether oxygens (including phenoxy) is 1. The zero-order valence-corrected chi connectivity index (χ0v) is 18.6. The summed E-state index contributed by atoms with van der Waals surface area (Å²) in [5.74, 6) is -0.322. The zero-order chi connectivity index (χ0) is 22.6. The van der Waals surface area contributed by atoms with Crippen molar-refractivity contribution in [3.63, 3.8) is 0 Å². The molecule has 2 aromatic carbocycles. The minimum Gasteiger partial charge on any atom is -0.361 e. The van der Waals surface area contributed by atoms with E-state index in [0.717, 1.165) is 42.4 Å². The molecule has 0 unspecified atom stereocenters. The van der Waals surface area contributed by atoms with Gasteiger partial charge in [0.25, 0.3) is 5.91 Å². The van der Waals surface area contributed by atoms with Gasteiger partial charge in [-0.1, -0.05) is 55.7 Å². The molecule has 5 nitrogen and oxygen atoms in total. The largest absolute Gasteiger partial charge is 0.361 e. The summed E-state index contributed by atoms with van der Waals surface area (Å²) in [6, 6.07) is 14.1. The molecule has 1 heterocycles. The number of likely N-dealkylation sites (N-methyl/N-ethyl adjacent to an activating group) is 1. The van der Waals surface area contributed by atoms with E-state index in [1.807, 2.05) is 29.2 Å². The van der Waals surface area contributed by atoms with E-state index in [1.165, 1.54) is 18.6 Å². The van der Waals surface area contributed by atoms with Crippen LogP contribution in [0.3, 0.4) is 0 Å². The Bertz CT molecular complexity index is 956. The van der Waals surface area contributed by atoms with Crippen LogP contribution in [0.4, 0.5) is 4.39 Å². The predicted octanol–water partition coefficient (Wildman–Crippen LogP) is 3.96. The molecular formula is C26H31FN2O3. The number of halogens is 1. The molecule has 0 bridgehead atoms. The maximum absolute atomic E-state index is 13.5. The summed E-state index contributed by atoms with van der Waals surface area (Å²) in [5.41, 5.74) is 1.57. The number of carbonyl (C=O) groups is 2. The average Bonchev–Trinajstić information content (AvgIpc) is 2.84. The van der Waals surface area contributed by atoms with E-state index >= 15 is 0 Å². The Balaban J connectivity index is 1.62. The number of nitrogens with zero attached hydrogens (tertiary/aromatic N) is 1. The highest BCUT2D eigenvalue weighted by Gasteiger charge is 2.45. The van der Waals surface area contributed by atoms with Crippen molar-refractivity contribution >= 4 is 11.8 Å². The van der Waals surface area contributed by atoms with Gasteiger partial charge in [-0.25, -0.2) is 4.39 Å². The average molecular weight is 439 g/mol. The molecule has 32 heavy (non-hydrogen) atoms. The second-order valence-corrected chi connectivity index (χ2v) is 8.86. The molecule has 2 amide bonds. The maximum Gasteiger partial charge on any atom is 0.254 e. The van der Waals surface area contributed by atoms with Gasteiger partial charge in [-0.05, 0) is 41.7 Å². The van der Waals surface area contributed by atoms with Crippen LogP contribution < -0.4 is 5.32 Å². The molecule has 2 aromatic rings. The molecule has 1 N–H and O–H groups in total. The first-order valence-electron chi connectivity index (χ1n) is 11.5. The van der Waals surface area contributed by atoms with Gasteiger partial charge in [-0.3, -0.25) is 9.59 Å². The molecule has 1 atom stereocenters. The van der Waals surface area contributed by atoms with Crippen molar-refractivity contribution in [3.05, 3.63) is 59.9 Å². The quantitative estimate of drug-likeness (QED) is 0.769. The molecule has 0 aromatic heterocycles. The first-order valence-corrected chi connectivity index (χ1v) is 11.5. The summed E-state index contributed by atoms with van der Waals surface area (Å²) in [6.07, 6.45) is 5.55. The van der Waals surface area contributed by atoms with Crippen LogP contribution in [0.5, 0.6) is 0 Å². The highest BCUT2D eigenvalue weighted by Crippen LogP contribution is 2.32. The van der Waals surface area contributed by atoms with Crippen LogP contribution in [0.15, 0.2) is 48.5 Å². The Labute approximate surface area is 188 Å². The van der Waals surface area contributed by atoms with E-state index in [0.29, 0.717) is 19.6 Å². The van der Waals surface area contributed by atoms with Crippen LogP contribution in [0.25, 0.3) is 11.1 Å². The molecule has 2 aliphatic rings. The smallest absolute Gasteiger partial charge is 0.254 e. The topological polar surface area (TPSA) is 58.6 Å². The van der Waals surface area contributed by atoms with Crippen LogP contribution in [0.2, 0.25) is 0 Å². The second kappa shape index (κ2) is 9.82. The van der Waals surface area contributed by atoms with E-state index in [2.05, 4.69) is 5.32 Å². The number of morpholine rings is 1. The standard InChI is InChI=1S/C26H31FN2O3/c1-28-25(31)26(18-29(15-16-32-26)24(30)20-7-3-2-4-8-20)17-21-9-5-6-10-23(21)19-11-13-22(27)14-12-19/h5-6,9-14,20H,2-4,7-8,15-18H2,1H3,(H,28,31)/t26-/m0/s1. The number of rotatable bonds is 5. The third-order valence-electron chi connectivity index (χ3n) is 6.74. The number of benzene rings is 2. The van der Waals surface area contributed by atoms with Crippen molar-refractivity contribution in [2.24, 2.45) is 5.92 Å². The van der Waals surface area contributed by atoms with Gasteiger partial charge in [-0.15, -0.1) is 0 Å². The third kappa shape index (κ3) is 4.70. The van der Waals surface area contributed by atoms with Crippen molar-refractivity contribution < 1.29 is 18.7 Å². The fourth-order valence-corrected chi connectivity index (χ4v) is 5.03. The van der Waals surface area contributed by atoms with Crippen molar-refractivity contribution in [1.29, 1.82) is 0 Å². The fraction of sp³-hybridized carbons (Fsp3) is 0.462. The second-order valence-electron chi connectivity index (χ2n) is 8.86. The lowest BCUT2D eigenvalue weighted by atomic mass is 9.85. The number of hydrogen-bond donors (Lipinski definition) is 1. The first kappa shape index (κ1) is 22.5. The fourth-order valence-electron chi connectivity index (χ4n) is 5.03. The summed E-state index contributed by atoms with van der Waals surface area (Å²) in [4.78, 5) is 28.2. The van der Waals surface area contributed by atoms with Gasteiger partial charge >= 0.3 is 0 Å².